The molecule has 0 aliphatic carbocycles. The Morgan fingerprint density at radius 1 is 0.966 bits per heavy atom. The average Bonchev–Trinajstić information content (AvgIpc) is 2.78. The minimum absolute atomic E-state index is 0.225. The summed E-state index contributed by atoms with van der Waals surface area (Å²) in [6, 6.07) is 19.4. The molecule has 0 spiro atoms. The first kappa shape index (κ1) is 20.2. The van der Waals surface area contributed by atoms with Crippen molar-refractivity contribution in [2.75, 3.05) is 26.2 Å². The summed E-state index contributed by atoms with van der Waals surface area (Å²) in [7, 11) is 5.17. The molecule has 3 aromatic rings. The number of anilines is 1. The standard InChI is InChI=1S/C23H25N3O3/c1-26(16-17-7-5-4-6-8-17)19-10-11-20(24-15-19)23(27)25-14-18-9-12-21(28-2)22(13-18)29-3/h4-13,15H,14,16H2,1-3H3,(H,25,27). The van der Waals surface area contributed by atoms with Gasteiger partial charge in [0.15, 0.2) is 11.5 Å². The van der Waals surface area contributed by atoms with Crippen LogP contribution in [-0.2, 0) is 13.1 Å². The van der Waals surface area contributed by atoms with Crippen molar-refractivity contribution in [1.29, 1.82) is 0 Å². The highest BCUT2D eigenvalue weighted by atomic mass is 16.5. The molecule has 150 valence electrons. The maximum atomic E-state index is 12.4. The number of methoxy groups -OCH3 is 2. The number of amides is 1. The number of ether oxygens (including phenoxy) is 2. The molecule has 0 aliphatic rings. The monoisotopic (exact) mass is 391 g/mol. The van der Waals surface area contributed by atoms with Gasteiger partial charge in [-0.25, -0.2) is 4.98 Å². The zero-order valence-electron chi connectivity index (χ0n) is 16.9. The van der Waals surface area contributed by atoms with E-state index in [-0.39, 0.29) is 5.91 Å². The minimum atomic E-state index is -0.225. The van der Waals surface area contributed by atoms with Crippen molar-refractivity contribution >= 4 is 11.6 Å². The van der Waals surface area contributed by atoms with Crippen LogP contribution in [0.4, 0.5) is 5.69 Å². The Kier molecular flexibility index (Phi) is 6.68. The van der Waals surface area contributed by atoms with Crippen LogP contribution >= 0.6 is 0 Å². The fourth-order valence-corrected chi connectivity index (χ4v) is 2.96. The molecule has 0 saturated heterocycles. The van der Waals surface area contributed by atoms with Crippen molar-refractivity contribution in [2.24, 2.45) is 0 Å². The van der Waals surface area contributed by atoms with Gasteiger partial charge in [0.25, 0.3) is 5.91 Å². The Bertz CT molecular complexity index is 943. The molecule has 0 fully saturated rings. The van der Waals surface area contributed by atoms with Gasteiger partial charge in [0.2, 0.25) is 0 Å². The Labute approximate surface area is 171 Å². The van der Waals surface area contributed by atoms with Crippen molar-refractivity contribution in [1.82, 2.24) is 10.3 Å². The maximum absolute atomic E-state index is 12.4. The number of hydrogen-bond acceptors (Lipinski definition) is 5. The first-order valence-electron chi connectivity index (χ1n) is 9.31. The summed E-state index contributed by atoms with van der Waals surface area (Å²) in [5.74, 6) is 1.06. The highest BCUT2D eigenvalue weighted by molar-refractivity contribution is 5.92. The first-order chi connectivity index (χ1) is 14.1. The summed E-state index contributed by atoms with van der Waals surface area (Å²) in [6.07, 6.45) is 1.72. The Morgan fingerprint density at radius 3 is 2.38 bits per heavy atom. The number of aromatic nitrogens is 1. The second kappa shape index (κ2) is 9.59. The Balaban J connectivity index is 1.59. The normalized spacial score (nSPS) is 10.3. The van der Waals surface area contributed by atoms with E-state index in [2.05, 4.69) is 27.3 Å². The second-order valence-electron chi connectivity index (χ2n) is 6.62. The van der Waals surface area contributed by atoms with Crippen LogP contribution in [-0.4, -0.2) is 32.2 Å². The van der Waals surface area contributed by atoms with Gasteiger partial charge >= 0.3 is 0 Å². The minimum Gasteiger partial charge on any atom is -0.493 e. The van der Waals surface area contributed by atoms with Crippen LogP contribution in [0.15, 0.2) is 66.9 Å². The molecule has 1 N–H and O–H groups in total. The molecule has 0 aliphatic heterocycles. The number of hydrogen-bond donors (Lipinski definition) is 1. The summed E-state index contributed by atoms with van der Waals surface area (Å²) in [5, 5.41) is 2.88. The SMILES string of the molecule is COc1ccc(CNC(=O)c2ccc(N(C)Cc3ccccc3)cn2)cc1OC. The number of carbonyl (C=O) groups is 1. The van der Waals surface area contributed by atoms with E-state index in [0.717, 1.165) is 17.8 Å². The van der Waals surface area contributed by atoms with Gasteiger partial charge in [-0.05, 0) is 35.4 Å². The molecule has 0 saturated carbocycles. The molecule has 0 radical (unpaired) electrons. The lowest BCUT2D eigenvalue weighted by atomic mass is 10.2. The molecule has 29 heavy (non-hydrogen) atoms. The van der Waals surface area contributed by atoms with Crippen LogP contribution in [0, 0.1) is 0 Å². The number of rotatable bonds is 8. The zero-order valence-corrected chi connectivity index (χ0v) is 16.9. The number of nitrogens with one attached hydrogen (secondary N) is 1. The molecule has 1 amide bonds. The Morgan fingerprint density at radius 2 is 1.72 bits per heavy atom. The van der Waals surface area contributed by atoms with Crippen molar-refractivity contribution in [3.8, 4) is 11.5 Å². The summed E-state index contributed by atoms with van der Waals surface area (Å²) in [6.45, 7) is 1.14. The fraction of sp³-hybridized carbons (Fsp3) is 0.217. The topological polar surface area (TPSA) is 63.7 Å². The lowest BCUT2D eigenvalue weighted by molar-refractivity contribution is 0.0946. The largest absolute Gasteiger partial charge is 0.493 e. The summed E-state index contributed by atoms with van der Waals surface area (Å²) in [5.41, 5.74) is 3.45. The average molecular weight is 391 g/mol. The number of pyridine rings is 1. The molecule has 3 rings (SSSR count). The summed E-state index contributed by atoms with van der Waals surface area (Å²) >= 11 is 0. The van der Waals surface area contributed by atoms with E-state index >= 15 is 0 Å². The van der Waals surface area contributed by atoms with Crippen LogP contribution < -0.4 is 19.7 Å². The molecule has 6 heteroatoms. The van der Waals surface area contributed by atoms with Crippen LogP contribution in [0.2, 0.25) is 0 Å². The molecule has 0 atom stereocenters. The van der Waals surface area contributed by atoms with E-state index in [0.29, 0.717) is 23.7 Å². The lowest BCUT2D eigenvalue weighted by Gasteiger charge is -2.19. The van der Waals surface area contributed by atoms with Gasteiger partial charge in [0.1, 0.15) is 5.69 Å². The molecule has 2 aromatic carbocycles. The van der Waals surface area contributed by atoms with E-state index in [1.807, 2.05) is 49.5 Å². The zero-order chi connectivity index (χ0) is 20.6. The van der Waals surface area contributed by atoms with Crippen LogP contribution in [0.5, 0.6) is 11.5 Å². The van der Waals surface area contributed by atoms with Crippen LogP contribution in [0.25, 0.3) is 0 Å². The van der Waals surface area contributed by atoms with Crippen molar-refractivity contribution in [2.45, 2.75) is 13.1 Å². The molecule has 1 heterocycles. The molecule has 0 unspecified atom stereocenters. The first-order valence-corrected chi connectivity index (χ1v) is 9.31. The third kappa shape index (κ3) is 5.25. The van der Waals surface area contributed by atoms with E-state index in [9.17, 15) is 4.79 Å². The molecule has 1 aromatic heterocycles. The molecular weight excluding hydrogens is 366 g/mol. The van der Waals surface area contributed by atoms with E-state index in [4.69, 9.17) is 9.47 Å². The predicted molar refractivity (Wildman–Crippen MR) is 114 cm³/mol. The number of benzene rings is 2. The molecular formula is C23H25N3O3. The third-order valence-electron chi connectivity index (χ3n) is 4.58. The van der Waals surface area contributed by atoms with Crippen LogP contribution in [0.3, 0.4) is 0 Å². The van der Waals surface area contributed by atoms with Gasteiger partial charge in [-0.1, -0.05) is 36.4 Å². The number of carbonyl (C=O) groups excluding carboxylic acids is 1. The van der Waals surface area contributed by atoms with Crippen molar-refractivity contribution in [3.63, 3.8) is 0 Å². The second-order valence-corrected chi connectivity index (χ2v) is 6.62. The molecule has 0 bridgehead atoms. The highest BCUT2D eigenvalue weighted by Crippen LogP contribution is 2.27. The third-order valence-corrected chi connectivity index (χ3v) is 4.58. The summed E-state index contributed by atoms with van der Waals surface area (Å²) in [4.78, 5) is 18.8. The predicted octanol–water partition coefficient (Wildman–Crippen LogP) is 3.67. The highest BCUT2D eigenvalue weighted by Gasteiger charge is 2.10. The van der Waals surface area contributed by atoms with E-state index in [1.165, 1.54) is 5.56 Å². The van der Waals surface area contributed by atoms with Crippen molar-refractivity contribution < 1.29 is 14.3 Å². The maximum Gasteiger partial charge on any atom is 0.270 e. The van der Waals surface area contributed by atoms with Gasteiger partial charge in [-0.2, -0.15) is 0 Å². The smallest absolute Gasteiger partial charge is 0.270 e. The summed E-state index contributed by atoms with van der Waals surface area (Å²) < 4.78 is 10.5. The Hall–Kier alpha value is -3.54. The van der Waals surface area contributed by atoms with Gasteiger partial charge in [0, 0.05) is 20.1 Å². The number of nitrogens with zero attached hydrogens (tertiary/aromatic N) is 2. The molecule has 6 nitrogen and oxygen atoms in total. The van der Waals surface area contributed by atoms with Crippen molar-refractivity contribution in [3.05, 3.63) is 83.7 Å². The van der Waals surface area contributed by atoms with Gasteiger partial charge in [-0.3, -0.25) is 4.79 Å². The fourth-order valence-electron chi connectivity index (χ4n) is 2.96. The van der Waals surface area contributed by atoms with Crippen LogP contribution in [0.1, 0.15) is 21.6 Å². The van der Waals surface area contributed by atoms with Gasteiger partial charge in [-0.15, -0.1) is 0 Å². The van der Waals surface area contributed by atoms with E-state index in [1.54, 1.807) is 26.5 Å². The van der Waals surface area contributed by atoms with E-state index < -0.39 is 0 Å². The van der Waals surface area contributed by atoms with Gasteiger partial charge < -0.3 is 19.7 Å². The van der Waals surface area contributed by atoms with Gasteiger partial charge in [0.05, 0.1) is 26.1 Å². The lowest BCUT2D eigenvalue weighted by Crippen LogP contribution is -2.24. The quantitative estimate of drug-likeness (QED) is 0.635.